The molecule has 33 heavy (non-hydrogen) atoms. The maximum absolute atomic E-state index is 13.1. The predicted molar refractivity (Wildman–Crippen MR) is 119 cm³/mol. The van der Waals surface area contributed by atoms with Gasteiger partial charge in [-0.2, -0.15) is 13.2 Å². The van der Waals surface area contributed by atoms with Crippen LogP contribution >= 0.6 is 11.6 Å². The van der Waals surface area contributed by atoms with Crippen molar-refractivity contribution in [1.29, 1.82) is 0 Å². The van der Waals surface area contributed by atoms with Gasteiger partial charge in [-0.3, -0.25) is 14.8 Å². The van der Waals surface area contributed by atoms with E-state index < -0.39 is 28.4 Å². The molecule has 0 saturated heterocycles. The van der Waals surface area contributed by atoms with Crippen molar-refractivity contribution in [2.45, 2.75) is 13.1 Å². The fourth-order valence-corrected chi connectivity index (χ4v) is 3.52. The van der Waals surface area contributed by atoms with Crippen LogP contribution in [-0.2, 0) is 6.18 Å². The lowest BCUT2D eigenvalue weighted by Crippen LogP contribution is -2.17. The van der Waals surface area contributed by atoms with E-state index in [-0.39, 0.29) is 5.69 Å². The molecule has 4 rings (SSSR count). The molecule has 0 aliphatic carbocycles. The fraction of sp³-hybridized carbons (Fsp3) is 0.136. The average molecular weight is 473 g/mol. The van der Waals surface area contributed by atoms with Crippen LogP contribution in [0.25, 0.3) is 22.0 Å². The standard InChI is InChI=1S/C22H16ClF3N6O/c1-11-15(12-5-13-9-31-18(27-2)7-17(13)30-8-12)6-14(10-29-11)32-21(33)20-19(23)16(3-4-28-20)22(24,25)26/h3-10H,1-2H3,(H,27,31)(H,32,33). The summed E-state index contributed by atoms with van der Waals surface area (Å²) in [6.45, 7) is 1.79. The van der Waals surface area contributed by atoms with Gasteiger partial charge in [-0.25, -0.2) is 9.97 Å². The molecule has 0 atom stereocenters. The van der Waals surface area contributed by atoms with Crippen molar-refractivity contribution in [2.24, 2.45) is 0 Å². The van der Waals surface area contributed by atoms with E-state index in [0.717, 1.165) is 22.7 Å². The Morgan fingerprint density at radius 1 is 1.03 bits per heavy atom. The highest BCUT2D eigenvalue weighted by molar-refractivity contribution is 6.34. The molecule has 0 fully saturated rings. The molecule has 0 radical (unpaired) electrons. The lowest BCUT2D eigenvalue weighted by atomic mass is 10.0. The number of hydrogen-bond donors (Lipinski definition) is 2. The molecule has 168 valence electrons. The Hall–Kier alpha value is -3.79. The Balaban J connectivity index is 1.66. The van der Waals surface area contributed by atoms with E-state index in [9.17, 15) is 18.0 Å². The summed E-state index contributed by atoms with van der Waals surface area (Å²) in [5, 5.41) is 5.50. The van der Waals surface area contributed by atoms with Gasteiger partial charge in [-0.1, -0.05) is 11.6 Å². The largest absolute Gasteiger partial charge is 0.417 e. The molecule has 2 N–H and O–H groups in total. The first-order chi connectivity index (χ1) is 15.7. The molecule has 0 aliphatic rings. The Labute approximate surface area is 191 Å². The van der Waals surface area contributed by atoms with Crippen LogP contribution in [0.3, 0.4) is 0 Å². The summed E-state index contributed by atoms with van der Waals surface area (Å²) in [6.07, 6.45) is 0.930. The molecule has 0 unspecified atom stereocenters. The van der Waals surface area contributed by atoms with E-state index in [1.165, 1.54) is 6.20 Å². The number of carbonyl (C=O) groups is 1. The Kier molecular flexibility index (Phi) is 5.86. The second-order valence-corrected chi connectivity index (χ2v) is 7.44. The summed E-state index contributed by atoms with van der Waals surface area (Å²) in [7, 11) is 1.76. The van der Waals surface area contributed by atoms with Crippen molar-refractivity contribution in [1.82, 2.24) is 19.9 Å². The average Bonchev–Trinajstić information content (AvgIpc) is 2.79. The molecule has 0 spiro atoms. The second-order valence-electron chi connectivity index (χ2n) is 7.07. The molecule has 4 aromatic heterocycles. The van der Waals surface area contributed by atoms with Gasteiger partial charge in [-0.15, -0.1) is 0 Å². The third-order valence-corrected chi connectivity index (χ3v) is 5.27. The van der Waals surface area contributed by atoms with Crippen LogP contribution in [0.2, 0.25) is 5.02 Å². The van der Waals surface area contributed by atoms with Gasteiger partial charge < -0.3 is 10.6 Å². The van der Waals surface area contributed by atoms with Crippen LogP contribution in [-0.4, -0.2) is 32.9 Å². The van der Waals surface area contributed by atoms with E-state index in [1.807, 2.05) is 12.1 Å². The fourth-order valence-electron chi connectivity index (χ4n) is 3.21. The number of nitrogens with one attached hydrogen (secondary N) is 2. The molecule has 0 bridgehead atoms. The number of anilines is 2. The van der Waals surface area contributed by atoms with E-state index in [1.54, 1.807) is 32.4 Å². The van der Waals surface area contributed by atoms with Gasteiger partial charge in [0.2, 0.25) is 0 Å². The first kappa shape index (κ1) is 22.4. The molecular formula is C22H16ClF3N6O. The van der Waals surface area contributed by atoms with E-state index in [2.05, 4.69) is 30.6 Å². The van der Waals surface area contributed by atoms with Crippen molar-refractivity contribution in [3.05, 3.63) is 71.0 Å². The molecule has 0 saturated carbocycles. The number of rotatable bonds is 4. The number of fused-ring (bicyclic) bond motifs is 1. The van der Waals surface area contributed by atoms with Crippen molar-refractivity contribution in [2.75, 3.05) is 17.7 Å². The van der Waals surface area contributed by atoms with Crippen LogP contribution in [0.4, 0.5) is 24.7 Å². The topological polar surface area (TPSA) is 92.7 Å². The predicted octanol–water partition coefficient (Wildman–Crippen LogP) is 5.36. The molecule has 0 aromatic carbocycles. The van der Waals surface area contributed by atoms with Gasteiger partial charge >= 0.3 is 6.18 Å². The summed E-state index contributed by atoms with van der Waals surface area (Å²) in [4.78, 5) is 29.3. The van der Waals surface area contributed by atoms with Gasteiger partial charge in [0.1, 0.15) is 11.5 Å². The number of amides is 1. The quantitative estimate of drug-likeness (QED) is 0.415. The van der Waals surface area contributed by atoms with Crippen molar-refractivity contribution in [3.63, 3.8) is 0 Å². The number of halogens is 4. The molecule has 4 heterocycles. The summed E-state index contributed by atoms with van der Waals surface area (Å²) < 4.78 is 39.3. The number of aryl methyl sites for hydroxylation is 1. The first-order valence-electron chi connectivity index (χ1n) is 9.61. The number of alkyl halides is 3. The molecule has 7 nitrogen and oxygen atoms in total. The molecule has 11 heteroatoms. The summed E-state index contributed by atoms with van der Waals surface area (Å²) in [5.74, 6) is -0.199. The van der Waals surface area contributed by atoms with Crippen molar-refractivity contribution >= 4 is 39.9 Å². The van der Waals surface area contributed by atoms with Gasteiger partial charge in [0, 0.05) is 53.9 Å². The maximum Gasteiger partial charge on any atom is 0.417 e. The number of aromatic nitrogens is 4. The van der Waals surface area contributed by atoms with Gasteiger partial charge in [-0.05, 0) is 25.1 Å². The number of hydrogen-bond acceptors (Lipinski definition) is 6. The zero-order chi connectivity index (χ0) is 23.8. The lowest BCUT2D eigenvalue weighted by molar-refractivity contribution is -0.137. The first-order valence-corrected chi connectivity index (χ1v) is 9.99. The minimum absolute atomic E-state index is 0.264. The number of carbonyl (C=O) groups excluding carboxylic acids is 1. The zero-order valence-electron chi connectivity index (χ0n) is 17.3. The molecular weight excluding hydrogens is 457 g/mol. The SMILES string of the molecule is CNc1cc2ncc(-c3cc(NC(=O)c4nccc(C(F)(F)F)c4Cl)cnc3C)cc2cn1. The Morgan fingerprint density at radius 2 is 1.82 bits per heavy atom. The van der Waals surface area contributed by atoms with Crippen LogP contribution in [0, 0.1) is 6.92 Å². The van der Waals surface area contributed by atoms with Crippen molar-refractivity contribution < 1.29 is 18.0 Å². The van der Waals surface area contributed by atoms with Crippen molar-refractivity contribution in [3.8, 4) is 11.1 Å². The minimum atomic E-state index is -4.71. The van der Waals surface area contributed by atoms with Gasteiger partial charge in [0.05, 0.1) is 28.0 Å². The summed E-state index contributed by atoms with van der Waals surface area (Å²) in [5.41, 5.74) is 1.43. The van der Waals surface area contributed by atoms with Gasteiger partial charge in [0.15, 0.2) is 0 Å². The summed E-state index contributed by atoms with van der Waals surface area (Å²) in [6, 6.07) is 6.06. The lowest BCUT2D eigenvalue weighted by Gasteiger charge is -2.13. The van der Waals surface area contributed by atoms with E-state index in [0.29, 0.717) is 23.1 Å². The molecule has 4 aromatic rings. The zero-order valence-corrected chi connectivity index (χ0v) is 18.1. The smallest absolute Gasteiger partial charge is 0.373 e. The normalized spacial score (nSPS) is 11.5. The molecule has 1 amide bonds. The third kappa shape index (κ3) is 4.56. The highest BCUT2D eigenvalue weighted by atomic mass is 35.5. The Morgan fingerprint density at radius 3 is 2.55 bits per heavy atom. The summed E-state index contributed by atoms with van der Waals surface area (Å²) >= 11 is 5.81. The minimum Gasteiger partial charge on any atom is -0.373 e. The van der Waals surface area contributed by atoms with E-state index >= 15 is 0 Å². The molecule has 0 aliphatic heterocycles. The van der Waals surface area contributed by atoms with Crippen LogP contribution in [0.5, 0.6) is 0 Å². The Bertz CT molecular complexity index is 1380. The monoisotopic (exact) mass is 472 g/mol. The number of pyridine rings is 4. The third-order valence-electron chi connectivity index (χ3n) is 4.89. The van der Waals surface area contributed by atoms with Crippen LogP contribution in [0.15, 0.2) is 49.1 Å². The second kappa shape index (κ2) is 8.62. The maximum atomic E-state index is 13.1. The van der Waals surface area contributed by atoms with Crippen LogP contribution in [0.1, 0.15) is 21.7 Å². The number of nitrogens with zero attached hydrogens (tertiary/aromatic N) is 4. The highest BCUT2D eigenvalue weighted by Crippen LogP contribution is 2.35. The van der Waals surface area contributed by atoms with Gasteiger partial charge in [0.25, 0.3) is 5.91 Å². The highest BCUT2D eigenvalue weighted by Gasteiger charge is 2.35. The van der Waals surface area contributed by atoms with E-state index in [4.69, 9.17) is 11.6 Å². The van der Waals surface area contributed by atoms with Crippen LogP contribution < -0.4 is 10.6 Å².